The molecule has 0 atom stereocenters. The Morgan fingerprint density at radius 1 is 1.24 bits per heavy atom. The highest BCUT2D eigenvalue weighted by Crippen LogP contribution is 2.19. The number of hydrogen-bond acceptors (Lipinski definition) is 3. The Morgan fingerprint density at radius 3 is 2.48 bits per heavy atom. The van der Waals surface area contributed by atoms with Crippen molar-refractivity contribution >= 4 is 17.7 Å². The quantitative estimate of drug-likeness (QED) is 0.530. The molecule has 0 aliphatic carbocycles. The molecule has 4 heteroatoms. The lowest BCUT2D eigenvalue weighted by Gasteiger charge is -2.30. The van der Waals surface area contributed by atoms with Gasteiger partial charge in [0, 0.05) is 23.9 Å². The fraction of sp³-hybridized carbons (Fsp3) is 0.588. The van der Waals surface area contributed by atoms with Gasteiger partial charge in [0.25, 0.3) is 0 Å². The van der Waals surface area contributed by atoms with Gasteiger partial charge in [0.1, 0.15) is 0 Å². The van der Waals surface area contributed by atoms with E-state index in [-0.39, 0.29) is 18.6 Å². The van der Waals surface area contributed by atoms with E-state index in [0.717, 1.165) is 25.0 Å². The summed E-state index contributed by atoms with van der Waals surface area (Å²) in [6, 6.07) is 10.5. The molecule has 0 heterocycles. The summed E-state index contributed by atoms with van der Waals surface area (Å²) < 4.78 is 0. The van der Waals surface area contributed by atoms with Crippen molar-refractivity contribution in [3.8, 4) is 0 Å². The summed E-state index contributed by atoms with van der Waals surface area (Å²) in [6.07, 6.45) is 3.33. The maximum absolute atomic E-state index is 12.3. The van der Waals surface area contributed by atoms with Crippen LogP contribution in [0.15, 0.2) is 35.2 Å². The van der Waals surface area contributed by atoms with Crippen molar-refractivity contribution in [3.63, 3.8) is 0 Å². The fourth-order valence-corrected chi connectivity index (χ4v) is 3.30. The van der Waals surface area contributed by atoms with Gasteiger partial charge < -0.3 is 10.0 Å². The van der Waals surface area contributed by atoms with Gasteiger partial charge in [0.2, 0.25) is 5.91 Å². The highest BCUT2D eigenvalue weighted by Gasteiger charge is 2.19. The van der Waals surface area contributed by atoms with Crippen LogP contribution in [0, 0.1) is 0 Å². The third-order valence-corrected chi connectivity index (χ3v) is 4.69. The van der Waals surface area contributed by atoms with E-state index in [1.54, 1.807) is 11.8 Å². The standard InChI is InChI=1S/C17H27NO2S/c1-3-15(4-2)18(12-13-19)17(20)11-8-14-21-16-9-6-5-7-10-16/h5-7,9-10,15,19H,3-4,8,11-14H2,1-2H3. The van der Waals surface area contributed by atoms with Gasteiger partial charge >= 0.3 is 0 Å². The summed E-state index contributed by atoms with van der Waals surface area (Å²) >= 11 is 1.79. The van der Waals surface area contributed by atoms with Crippen molar-refractivity contribution in [2.24, 2.45) is 0 Å². The monoisotopic (exact) mass is 309 g/mol. The second-order valence-electron chi connectivity index (χ2n) is 5.05. The summed E-state index contributed by atoms with van der Waals surface area (Å²) in [7, 11) is 0. The molecule has 0 fully saturated rings. The molecule has 0 aliphatic rings. The maximum atomic E-state index is 12.3. The molecule has 1 N–H and O–H groups in total. The molecule has 0 aromatic heterocycles. The molecule has 1 rings (SSSR count). The number of benzene rings is 1. The summed E-state index contributed by atoms with van der Waals surface area (Å²) in [6.45, 7) is 4.69. The minimum Gasteiger partial charge on any atom is -0.395 e. The van der Waals surface area contributed by atoms with Gasteiger partial charge in [-0.3, -0.25) is 4.79 Å². The molecular formula is C17H27NO2S. The van der Waals surface area contributed by atoms with E-state index in [1.165, 1.54) is 4.90 Å². The number of nitrogens with zero attached hydrogens (tertiary/aromatic N) is 1. The molecule has 0 saturated heterocycles. The van der Waals surface area contributed by atoms with Gasteiger partial charge in [-0.05, 0) is 37.1 Å². The number of hydrogen-bond donors (Lipinski definition) is 1. The lowest BCUT2D eigenvalue weighted by molar-refractivity contribution is -0.134. The van der Waals surface area contributed by atoms with Crippen molar-refractivity contribution in [2.75, 3.05) is 18.9 Å². The normalized spacial score (nSPS) is 10.9. The highest BCUT2D eigenvalue weighted by atomic mass is 32.2. The molecule has 1 aromatic rings. The highest BCUT2D eigenvalue weighted by molar-refractivity contribution is 7.99. The van der Waals surface area contributed by atoms with Crippen molar-refractivity contribution in [1.82, 2.24) is 4.90 Å². The van der Waals surface area contributed by atoms with Gasteiger partial charge in [-0.2, -0.15) is 0 Å². The molecule has 0 bridgehead atoms. The fourth-order valence-electron chi connectivity index (χ4n) is 2.42. The van der Waals surface area contributed by atoms with E-state index in [2.05, 4.69) is 26.0 Å². The second-order valence-corrected chi connectivity index (χ2v) is 6.21. The zero-order valence-electron chi connectivity index (χ0n) is 13.1. The van der Waals surface area contributed by atoms with E-state index in [0.29, 0.717) is 13.0 Å². The van der Waals surface area contributed by atoms with Crippen molar-refractivity contribution < 1.29 is 9.90 Å². The Bertz CT molecular complexity index is 393. The summed E-state index contributed by atoms with van der Waals surface area (Å²) in [5.74, 6) is 1.12. The van der Waals surface area contributed by atoms with Crippen molar-refractivity contribution in [2.45, 2.75) is 50.5 Å². The minimum absolute atomic E-state index is 0.0427. The molecule has 21 heavy (non-hydrogen) atoms. The zero-order chi connectivity index (χ0) is 15.5. The van der Waals surface area contributed by atoms with Crippen LogP contribution in [0.25, 0.3) is 0 Å². The van der Waals surface area contributed by atoms with Crippen LogP contribution < -0.4 is 0 Å². The largest absolute Gasteiger partial charge is 0.395 e. The molecule has 1 aromatic carbocycles. The Labute approximate surface area is 132 Å². The molecule has 0 aliphatic heterocycles. The number of carbonyl (C=O) groups is 1. The van der Waals surface area contributed by atoms with Gasteiger partial charge in [-0.25, -0.2) is 0 Å². The predicted octanol–water partition coefficient (Wildman–Crippen LogP) is 3.57. The van der Waals surface area contributed by atoms with Crippen LogP contribution >= 0.6 is 11.8 Å². The maximum Gasteiger partial charge on any atom is 0.222 e. The van der Waals surface area contributed by atoms with Crippen LogP contribution in [0.3, 0.4) is 0 Å². The van der Waals surface area contributed by atoms with E-state index in [9.17, 15) is 4.79 Å². The van der Waals surface area contributed by atoms with Gasteiger partial charge in [-0.15, -0.1) is 11.8 Å². The van der Waals surface area contributed by atoms with Gasteiger partial charge in [0.05, 0.1) is 6.61 Å². The second kappa shape index (κ2) is 10.7. The Hall–Kier alpha value is -1.00. The van der Waals surface area contributed by atoms with Crippen LogP contribution in [0.1, 0.15) is 39.5 Å². The average molecular weight is 309 g/mol. The molecule has 0 unspecified atom stereocenters. The van der Waals surface area contributed by atoms with Crippen LogP contribution in [-0.2, 0) is 4.79 Å². The molecule has 0 spiro atoms. The van der Waals surface area contributed by atoms with Crippen LogP contribution in [-0.4, -0.2) is 40.9 Å². The Balaban J connectivity index is 2.36. The Morgan fingerprint density at radius 2 is 1.90 bits per heavy atom. The first-order chi connectivity index (χ1) is 10.2. The first-order valence-corrected chi connectivity index (χ1v) is 8.79. The molecular weight excluding hydrogens is 282 g/mol. The number of thioether (sulfide) groups is 1. The number of carbonyl (C=O) groups excluding carboxylic acids is 1. The average Bonchev–Trinajstić information content (AvgIpc) is 2.52. The zero-order valence-corrected chi connectivity index (χ0v) is 13.9. The van der Waals surface area contributed by atoms with E-state index in [4.69, 9.17) is 5.11 Å². The van der Waals surface area contributed by atoms with Crippen LogP contribution in [0.2, 0.25) is 0 Å². The van der Waals surface area contributed by atoms with Crippen LogP contribution in [0.4, 0.5) is 0 Å². The number of rotatable bonds is 10. The topological polar surface area (TPSA) is 40.5 Å². The van der Waals surface area contributed by atoms with E-state index < -0.39 is 0 Å². The Kier molecular flexibility index (Phi) is 9.19. The first kappa shape index (κ1) is 18.1. The molecule has 118 valence electrons. The summed E-state index contributed by atoms with van der Waals surface area (Å²) in [5.41, 5.74) is 0. The van der Waals surface area contributed by atoms with E-state index in [1.807, 2.05) is 23.1 Å². The summed E-state index contributed by atoms with van der Waals surface area (Å²) in [4.78, 5) is 15.4. The third kappa shape index (κ3) is 6.53. The molecule has 0 saturated carbocycles. The third-order valence-electron chi connectivity index (χ3n) is 3.59. The molecule has 0 radical (unpaired) electrons. The number of aliphatic hydroxyl groups is 1. The minimum atomic E-state index is 0.0427. The predicted molar refractivity (Wildman–Crippen MR) is 89.6 cm³/mol. The lowest BCUT2D eigenvalue weighted by Crippen LogP contribution is -2.41. The molecule has 3 nitrogen and oxygen atoms in total. The van der Waals surface area contributed by atoms with Gasteiger partial charge in [0.15, 0.2) is 0 Å². The number of amides is 1. The smallest absolute Gasteiger partial charge is 0.222 e. The lowest BCUT2D eigenvalue weighted by atomic mass is 10.1. The molecule has 1 amide bonds. The number of aliphatic hydroxyl groups excluding tert-OH is 1. The van der Waals surface area contributed by atoms with Crippen LogP contribution in [0.5, 0.6) is 0 Å². The van der Waals surface area contributed by atoms with Crippen molar-refractivity contribution in [1.29, 1.82) is 0 Å². The summed E-state index contributed by atoms with van der Waals surface area (Å²) in [5, 5.41) is 9.15. The first-order valence-electron chi connectivity index (χ1n) is 7.81. The van der Waals surface area contributed by atoms with Crippen molar-refractivity contribution in [3.05, 3.63) is 30.3 Å². The van der Waals surface area contributed by atoms with E-state index >= 15 is 0 Å². The SMILES string of the molecule is CCC(CC)N(CCO)C(=O)CCCSc1ccccc1. The van der Waals surface area contributed by atoms with Gasteiger partial charge in [-0.1, -0.05) is 32.0 Å².